The van der Waals surface area contributed by atoms with Crippen LogP contribution in [0.15, 0.2) is 29.6 Å². The van der Waals surface area contributed by atoms with Crippen molar-refractivity contribution in [1.29, 1.82) is 0 Å². The molecular formula is C55H74N4O6. The van der Waals surface area contributed by atoms with Crippen LogP contribution in [0.25, 0.3) is 29.9 Å². The highest BCUT2D eigenvalue weighted by molar-refractivity contribution is 6.24. The van der Waals surface area contributed by atoms with E-state index in [1.54, 1.807) is 0 Å². The van der Waals surface area contributed by atoms with Gasteiger partial charge in [0, 0.05) is 74.3 Å². The Morgan fingerprint density at radius 3 is 2.15 bits per heavy atom. The highest BCUT2D eigenvalue weighted by Gasteiger charge is 2.48. The largest absolute Gasteiger partial charge is 0.468 e. The number of hydrogen-bond acceptors (Lipinski definition) is 7. The van der Waals surface area contributed by atoms with Gasteiger partial charge in [0.1, 0.15) is 12.5 Å². The van der Waals surface area contributed by atoms with Gasteiger partial charge >= 0.3 is 11.9 Å². The van der Waals surface area contributed by atoms with Crippen LogP contribution >= 0.6 is 0 Å². The van der Waals surface area contributed by atoms with E-state index in [1.807, 2.05) is 45.1 Å². The number of hydrogen-bond donors (Lipinski definition) is 4. The zero-order valence-electron chi connectivity index (χ0n) is 40.8. The second-order valence-corrected chi connectivity index (χ2v) is 19.6. The van der Waals surface area contributed by atoms with Gasteiger partial charge in [-0.2, -0.15) is 0 Å². The Hall–Kier alpha value is -5.38. The monoisotopic (exact) mass is 887 g/mol. The maximum absolute atomic E-state index is 14.4. The van der Waals surface area contributed by atoms with Gasteiger partial charge in [-0.15, -0.1) is 0 Å². The molecule has 1 saturated heterocycles. The fourth-order valence-electron chi connectivity index (χ4n) is 10.4. The molecule has 0 radical (unpaired) electrons. The van der Waals surface area contributed by atoms with Gasteiger partial charge in [0.25, 0.3) is 0 Å². The average molecular weight is 887 g/mol. The highest BCUT2D eigenvalue weighted by atomic mass is 16.5. The van der Waals surface area contributed by atoms with E-state index in [2.05, 4.69) is 74.5 Å². The Morgan fingerprint density at radius 2 is 1.51 bits per heavy atom. The molecule has 8 bridgehead atoms. The number of nitrogens with one attached hydrogen (secondary N) is 4. The summed E-state index contributed by atoms with van der Waals surface area (Å²) in [5.41, 5.74) is 10.6. The van der Waals surface area contributed by atoms with Crippen molar-refractivity contribution >= 4 is 53.9 Å². The minimum Gasteiger partial charge on any atom is -0.468 e. The average Bonchev–Trinajstić information content (AvgIpc) is 4.02. The Morgan fingerprint density at radius 1 is 0.846 bits per heavy atom. The zero-order valence-corrected chi connectivity index (χ0v) is 40.8. The molecule has 1 aliphatic carbocycles. The number of aldehydes is 1. The number of esters is 2. The first-order valence-corrected chi connectivity index (χ1v) is 24.2. The van der Waals surface area contributed by atoms with Crippen molar-refractivity contribution in [2.45, 2.75) is 139 Å². The van der Waals surface area contributed by atoms with Crippen LogP contribution < -0.4 is 16.0 Å². The van der Waals surface area contributed by atoms with Crippen molar-refractivity contribution in [2.75, 3.05) is 13.7 Å². The Bertz CT molecular complexity index is 2500. The van der Waals surface area contributed by atoms with Crippen molar-refractivity contribution in [3.63, 3.8) is 0 Å². The van der Waals surface area contributed by atoms with Crippen LogP contribution in [0.1, 0.15) is 185 Å². The molecule has 5 atom stereocenters. The lowest BCUT2D eigenvalue weighted by atomic mass is 9.85. The molecule has 2 aliphatic heterocycles. The lowest BCUT2D eigenvalue weighted by Gasteiger charge is -2.19. The molecule has 10 heteroatoms. The molecule has 5 heterocycles. The summed E-state index contributed by atoms with van der Waals surface area (Å²) in [5, 5.41) is 5.08. The number of rotatable bonds is 21. The normalized spacial score (nSPS) is 21.8. The van der Waals surface area contributed by atoms with Gasteiger partial charge in [0.2, 0.25) is 0 Å². The van der Waals surface area contributed by atoms with E-state index >= 15 is 0 Å². The fraction of sp³-hybridized carbons (Fsp3) is 0.527. The molecule has 0 amide bonds. The molecule has 0 unspecified atom stereocenters. The first-order chi connectivity index (χ1) is 31.1. The molecule has 6 rings (SSSR count). The second kappa shape index (κ2) is 21.7. The number of aromatic nitrogens is 3. The molecule has 3 aliphatic rings. The number of ether oxygens (including phenoxy) is 2. The SMILES string of the molecule is C=Cc1c2[nH]c(c1C)/C=C1\N/C(=C3\c4[nH]c(c(C)c4C(=O)[C@@H]3C(=O)OC)/C=c3\[nH]/c(c(C=O)c3CC)=C\2)[C@@H](CCC(=O)OC/C=C(\C)CCC[C@@H](C)CCC[C@H](C)CCCC(C)C)[C@@H]1C. The molecule has 3 aromatic rings. The van der Waals surface area contributed by atoms with E-state index in [0.717, 1.165) is 70.1 Å². The van der Waals surface area contributed by atoms with Gasteiger partial charge in [-0.1, -0.05) is 105 Å². The summed E-state index contributed by atoms with van der Waals surface area (Å²) in [5.74, 6) is -0.546. The van der Waals surface area contributed by atoms with Crippen LogP contribution in [0.4, 0.5) is 0 Å². The van der Waals surface area contributed by atoms with Gasteiger partial charge in [-0.3, -0.25) is 19.2 Å². The molecule has 65 heavy (non-hydrogen) atoms. The molecule has 10 nitrogen and oxygen atoms in total. The number of fused-ring (bicyclic) bond motifs is 7. The van der Waals surface area contributed by atoms with Gasteiger partial charge in [0.05, 0.1) is 18.2 Å². The quantitative estimate of drug-likeness (QED) is 0.0361. The molecule has 1 fully saturated rings. The van der Waals surface area contributed by atoms with E-state index in [4.69, 9.17) is 9.47 Å². The van der Waals surface area contributed by atoms with Crippen molar-refractivity contribution in [1.82, 2.24) is 20.3 Å². The molecule has 0 saturated carbocycles. The summed E-state index contributed by atoms with van der Waals surface area (Å²) in [6.45, 7) is 23.9. The van der Waals surface area contributed by atoms with Crippen LogP contribution in [0.3, 0.4) is 0 Å². The summed E-state index contributed by atoms with van der Waals surface area (Å²) in [4.78, 5) is 64.7. The zero-order chi connectivity index (χ0) is 47.1. The Labute approximate surface area is 386 Å². The van der Waals surface area contributed by atoms with Crippen molar-refractivity contribution in [3.8, 4) is 0 Å². The number of methoxy groups -OCH3 is 1. The van der Waals surface area contributed by atoms with Crippen LogP contribution in [-0.2, 0) is 25.5 Å². The first-order valence-electron chi connectivity index (χ1n) is 24.2. The molecule has 3 aromatic heterocycles. The second-order valence-electron chi connectivity index (χ2n) is 19.6. The smallest absolute Gasteiger partial charge is 0.321 e. The van der Waals surface area contributed by atoms with Gasteiger partial charge in [-0.25, -0.2) is 0 Å². The maximum Gasteiger partial charge on any atom is 0.321 e. The molecular weight excluding hydrogens is 813 g/mol. The van der Waals surface area contributed by atoms with Gasteiger partial charge < -0.3 is 29.7 Å². The summed E-state index contributed by atoms with van der Waals surface area (Å²) >= 11 is 0. The Kier molecular flexibility index (Phi) is 16.4. The summed E-state index contributed by atoms with van der Waals surface area (Å²) < 4.78 is 11.1. The minimum atomic E-state index is -1.19. The minimum absolute atomic E-state index is 0.134. The molecule has 350 valence electrons. The van der Waals surface area contributed by atoms with Crippen molar-refractivity contribution in [3.05, 3.63) is 96.5 Å². The lowest BCUT2D eigenvalue weighted by molar-refractivity contribution is -0.143. The Balaban J connectivity index is 1.23. The predicted molar refractivity (Wildman–Crippen MR) is 262 cm³/mol. The summed E-state index contributed by atoms with van der Waals surface area (Å²) in [6.07, 6.45) is 23.1. The van der Waals surface area contributed by atoms with Crippen molar-refractivity contribution in [2.24, 2.45) is 35.5 Å². The predicted octanol–water partition coefficient (Wildman–Crippen LogP) is 10.6. The number of aromatic amines is 3. The third kappa shape index (κ3) is 10.8. The molecule has 4 N–H and O–H groups in total. The van der Waals surface area contributed by atoms with Gasteiger partial charge in [-0.05, 0) is 105 Å². The maximum atomic E-state index is 14.4. The van der Waals surface area contributed by atoms with E-state index in [1.165, 1.54) is 57.6 Å². The lowest BCUT2D eigenvalue weighted by Crippen LogP contribution is -2.25. The van der Waals surface area contributed by atoms with Crippen LogP contribution in [0.5, 0.6) is 0 Å². The van der Waals surface area contributed by atoms with E-state index < -0.39 is 11.9 Å². The van der Waals surface area contributed by atoms with E-state index in [9.17, 15) is 19.2 Å². The fourth-order valence-corrected chi connectivity index (χ4v) is 10.4. The van der Waals surface area contributed by atoms with E-state index in [-0.39, 0.29) is 36.6 Å². The van der Waals surface area contributed by atoms with Crippen molar-refractivity contribution < 1.29 is 28.7 Å². The number of H-pyrrole nitrogens is 3. The third-order valence-electron chi connectivity index (χ3n) is 14.4. The number of Topliss-reactive ketones (excluding diaryl/α,β-unsaturated/α-hetero) is 1. The third-order valence-corrected chi connectivity index (χ3v) is 14.4. The standard InChI is InChI=1S/C55H74N4O6/c1-12-38-35(8)42-27-43-36(9)40(23-24-48(61)65-26-25-34(7)22-16-21-33(6)20-15-19-32(5)18-14-17-31(3)4)52(58-43)50-51(55(63)64-11)54(62)49-37(10)44(59-53(49)50)28-46-39(13-2)41(30-60)47(57-46)29-45(38)56-42/h12,25,27-33,36,40,51,56-59H,1,13-24,26H2,2-11H3/b34-25+,43-27-,46-28-,47-29-,52-50-/t32-,33+,36+,40+,51-/m1/s1. The topological polar surface area (TPSA) is 146 Å². The molecule has 0 aromatic carbocycles. The summed E-state index contributed by atoms with van der Waals surface area (Å²) in [6, 6.07) is 0. The van der Waals surface area contributed by atoms with Crippen LogP contribution in [0.2, 0.25) is 0 Å². The summed E-state index contributed by atoms with van der Waals surface area (Å²) in [7, 11) is 1.30. The highest BCUT2D eigenvalue weighted by Crippen LogP contribution is 2.48. The number of allylic oxidation sites excluding steroid dienone is 3. The number of carbonyl (C=O) groups is 4. The first kappa shape index (κ1) is 49.1. The number of carbonyl (C=O) groups excluding carboxylic acids is 4. The van der Waals surface area contributed by atoms with Crippen LogP contribution in [-0.4, -0.2) is 52.7 Å². The molecule has 0 spiro atoms. The van der Waals surface area contributed by atoms with Crippen LogP contribution in [0, 0.1) is 49.4 Å². The van der Waals surface area contributed by atoms with Gasteiger partial charge in [0.15, 0.2) is 12.1 Å². The number of ketones is 1. The van der Waals surface area contributed by atoms with E-state index in [0.29, 0.717) is 63.5 Å².